The number of ether oxygens (including phenoxy) is 6. The maximum atomic E-state index is 11.6. The van der Waals surface area contributed by atoms with Gasteiger partial charge in [-0.15, -0.1) is 0 Å². The number of rotatable bonds is 7. The number of carbonyl (C=O) groups is 1. The van der Waals surface area contributed by atoms with Gasteiger partial charge in [-0.2, -0.15) is 0 Å². The maximum absolute atomic E-state index is 11.6. The van der Waals surface area contributed by atoms with Gasteiger partial charge < -0.3 is 74.4 Å². The van der Waals surface area contributed by atoms with Crippen molar-refractivity contribution >= 4 is 5.97 Å². The summed E-state index contributed by atoms with van der Waals surface area (Å²) in [7, 11) is 0. The first-order chi connectivity index (χ1) is 16.9. The minimum atomic E-state index is -1.85. The van der Waals surface area contributed by atoms with Gasteiger partial charge in [0.25, 0.3) is 0 Å². The highest BCUT2D eigenvalue weighted by Crippen LogP contribution is 2.33. The lowest BCUT2D eigenvalue weighted by Gasteiger charge is -2.48. The maximum Gasteiger partial charge on any atom is 0.303 e. The number of aliphatic hydroxyl groups excluding tert-OH is 9. The van der Waals surface area contributed by atoms with E-state index in [2.05, 4.69) is 0 Å². The molecule has 9 N–H and O–H groups in total. The molecule has 16 heteroatoms. The molecule has 0 saturated carbocycles. The van der Waals surface area contributed by atoms with Crippen LogP contribution in [0.5, 0.6) is 0 Å². The van der Waals surface area contributed by atoms with E-state index < -0.39 is 111 Å². The van der Waals surface area contributed by atoms with Gasteiger partial charge in [-0.1, -0.05) is 0 Å². The van der Waals surface area contributed by atoms with Gasteiger partial charge in [-0.25, -0.2) is 0 Å². The molecule has 3 aliphatic heterocycles. The van der Waals surface area contributed by atoms with E-state index in [1.54, 1.807) is 0 Å². The van der Waals surface area contributed by atoms with Crippen molar-refractivity contribution < 1.29 is 79.2 Å². The second-order valence-corrected chi connectivity index (χ2v) is 8.90. The number of hydrogen-bond acceptors (Lipinski definition) is 16. The van der Waals surface area contributed by atoms with Crippen LogP contribution in [-0.2, 0) is 33.2 Å². The molecule has 36 heavy (non-hydrogen) atoms. The SMILES string of the molecule is CC(=O)O[C@@H]1[C@@H](O[C@@H]2O[C@H](CO)[C@H](O)[C@H](O)[C@H]2O[C@@H]2O[C@@H](C)[C@@H](O)[C@@H](O)[C@@H]2O)[C@@H](O)[C@@H](CO)O[C@H]1O. The van der Waals surface area contributed by atoms with Gasteiger partial charge in [0.05, 0.1) is 19.3 Å². The highest BCUT2D eigenvalue weighted by Gasteiger charge is 2.54. The van der Waals surface area contributed by atoms with E-state index in [9.17, 15) is 50.8 Å². The Morgan fingerprint density at radius 3 is 1.83 bits per heavy atom. The predicted molar refractivity (Wildman–Crippen MR) is 109 cm³/mol. The van der Waals surface area contributed by atoms with E-state index >= 15 is 0 Å². The number of carbonyl (C=O) groups excluding carboxylic acids is 1. The van der Waals surface area contributed by atoms with Crippen molar-refractivity contribution in [2.45, 2.75) is 106 Å². The first-order valence-corrected chi connectivity index (χ1v) is 11.3. The van der Waals surface area contributed by atoms with Crippen molar-refractivity contribution in [1.82, 2.24) is 0 Å². The van der Waals surface area contributed by atoms with Crippen molar-refractivity contribution in [3.63, 3.8) is 0 Å². The van der Waals surface area contributed by atoms with E-state index in [0.29, 0.717) is 0 Å². The Labute approximate surface area is 205 Å². The summed E-state index contributed by atoms with van der Waals surface area (Å²) in [6, 6.07) is 0. The van der Waals surface area contributed by atoms with Crippen LogP contribution in [0, 0.1) is 0 Å². The highest BCUT2D eigenvalue weighted by molar-refractivity contribution is 5.66. The van der Waals surface area contributed by atoms with Gasteiger partial charge in [0.15, 0.2) is 25.0 Å². The molecule has 0 unspecified atom stereocenters. The monoisotopic (exact) mass is 530 g/mol. The second kappa shape index (κ2) is 12.2. The van der Waals surface area contributed by atoms with Crippen LogP contribution < -0.4 is 0 Å². The summed E-state index contributed by atoms with van der Waals surface area (Å²) in [5, 5.41) is 91.3. The van der Waals surface area contributed by atoms with Crippen LogP contribution in [0.4, 0.5) is 0 Å². The van der Waals surface area contributed by atoms with Crippen molar-refractivity contribution in [3.8, 4) is 0 Å². The lowest BCUT2D eigenvalue weighted by Crippen LogP contribution is -2.67. The van der Waals surface area contributed by atoms with Crippen LogP contribution in [0.2, 0.25) is 0 Å². The summed E-state index contributed by atoms with van der Waals surface area (Å²) in [5.41, 5.74) is 0. The summed E-state index contributed by atoms with van der Waals surface area (Å²) in [4.78, 5) is 11.6. The normalized spacial score (nSPS) is 50.0. The number of aliphatic hydroxyl groups is 9. The molecule has 210 valence electrons. The summed E-state index contributed by atoms with van der Waals surface area (Å²) in [6.07, 6.45) is -24.3. The highest BCUT2D eigenvalue weighted by atomic mass is 16.8. The zero-order valence-corrected chi connectivity index (χ0v) is 19.5. The topological polar surface area (TPSA) is 255 Å². The Kier molecular flexibility index (Phi) is 9.97. The molecule has 3 rings (SSSR count). The first kappa shape index (κ1) is 29.5. The summed E-state index contributed by atoms with van der Waals surface area (Å²) < 4.78 is 32.2. The molecule has 0 bridgehead atoms. The Balaban J connectivity index is 1.89. The third-order valence-electron chi connectivity index (χ3n) is 6.33. The average Bonchev–Trinajstić information content (AvgIpc) is 2.83. The van der Waals surface area contributed by atoms with E-state index in [4.69, 9.17) is 28.4 Å². The summed E-state index contributed by atoms with van der Waals surface area (Å²) in [6.45, 7) is 0.840. The van der Waals surface area contributed by atoms with Gasteiger partial charge in [0.2, 0.25) is 0 Å². The molecule has 3 saturated heterocycles. The number of hydrogen-bond donors (Lipinski definition) is 9. The summed E-state index contributed by atoms with van der Waals surface area (Å²) in [5.74, 6) is -0.882. The second-order valence-electron chi connectivity index (χ2n) is 8.90. The predicted octanol–water partition coefficient (Wildman–Crippen LogP) is -5.97. The fraction of sp³-hybridized carbons (Fsp3) is 0.950. The number of esters is 1. The molecule has 16 nitrogen and oxygen atoms in total. The molecule has 3 aliphatic rings. The minimum Gasteiger partial charge on any atom is -0.454 e. The van der Waals surface area contributed by atoms with E-state index in [0.717, 1.165) is 6.92 Å². The van der Waals surface area contributed by atoms with E-state index in [1.807, 2.05) is 0 Å². The molecule has 0 aromatic rings. The fourth-order valence-electron chi connectivity index (χ4n) is 4.28. The lowest BCUT2D eigenvalue weighted by molar-refractivity contribution is -0.386. The van der Waals surface area contributed by atoms with Crippen LogP contribution in [-0.4, -0.2) is 157 Å². The Hall–Kier alpha value is -1.09. The van der Waals surface area contributed by atoms with Crippen LogP contribution in [0.3, 0.4) is 0 Å². The Morgan fingerprint density at radius 1 is 0.667 bits per heavy atom. The standard InChI is InChI=1S/C20H34O16/c1-5-9(24)12(27)14(29)19(31-5)36-16-13(28)10(25)7(3-21)34-20(16)35-15-11(26)8(4-22)33-18(30)17(15)32-6(2)23/h5,7-22,24-30H,3-4H2,1-2H3/t5-,7+,8+,9+,10-,11-,12+,13-,14-,15-,16+,17+,18+,19-,20-/m0/s1. The molecule has 3 fully saturated rings. The van der Waals surface area contributed by atoms with Gasteiger partial charge in [0, 0.05) is 6.92 Å². The zero-order chi connectivity index (χ0) is 26.9. The lowest BCUT2D eigenvalue weighted by atomic mass is 9.96. The largest absolute Gasteiger partial charge is 0.454 e. The third-order valence-corrected chi connectivity index (χ3v) is 6.33. The molecule has 0 amide bonds. The summed E-state index contributed by atoms with van der Waals surface area (Å²) >= 11 is 0. The minimum absolute atomic E-state index is 0.767. The molecule has 15 atom stereocenters. The van der Waals surface area contributed by atoms with Gasteiger partial charge in [0.1, 0.15) is 61.0 Å². The first-order valence-electron chi connectivity index (χ1n) is 11.3. The molecule has 0 spiro atoms. The molecule has 0 aliphatic carbocycles. The van der Waals surface area contributed by atoms with Crippen LogP contribution in [0.1, 0.15) is 13.8 Å². The van der Waals surface area contributed by atoms with Crippen molar-refractivity contribution in [3.05, 3.63) is 0 Å². The van der Waals surface area contributed by atoms with Crippen molar-refractivity contribution in [2.24, 2.45) is 0 Å². The van der Waals surface area contributed by atoms with Crippen molar-refractivity contribution in [2.75, 3.05) is 13.2 Å². The molecule has 0 aromatic carbocycles. The fourth-order valence-corrected chi connectivity index (χ4v) is 4.28. The van der Waals surface area contributed by atoms with Crippen LogP contribution in [0.15, 0.2) is 0 Å². The molecular weight excluding hydrogens is 496 g/mol. The molecule has 3 heterocycles. The van der Waals surface area contributed by atoms with Crippen molar-refractivity contribution in [1.29, 1.82) is 0 Å². The van der Waals surface area contributed by atoms with Crippen LogP contribution >= 0.6 is 0 Å². The van der Waals surface area contributed by atoms with Gasteiger partial charge >= 0.3 is 5.97 Å². The Morgan fingerprint density at radius 2 is 1.25 bits per heavy atom. The zero-order valence-electron chi connectivity index (χ0n) is 19.5. The molecular formula is C20H34O16. The average molecular weight is 530 g/mol. The van der Waals surface area contributed by atoms with E-state index in [1.165, 1.54) is 6.92 Å². The van der Waals surface area contributed by atoms with Crippen LogP contribution in [0.25, 0.3) is 0 Å². The van der Waals surface area contributed by atoms with Gasteiger partial charge in [-0.3, -0.25) is 4.79 Å². The molecule has 0 radical (unpaired) electrons. The molecule has 0 aromatic heterocycles. The quantitative estimate of drug-likeness (QED) is 0.139. The van der Waals surface area contributed by atoms with Gasteiger partial charge in [-0.05, 0) is 6.92 Å². The van der Waals surface area contributed by atoms with E-state index in [-0.39, 0.29) is 0 Å². The Bertz CT molecular complexity index is 726. The third kappa shape index (κ3) is 5.97. The smallest absolute Gasteiger partial charge is 0.303 e.